The van der Waals surface area contributed by atoms with Gasteiger partial charge >= 0.3 is 0 Å². The normalized spacial score (nSPS) is 10.6. The van der Waals surface area contributed by atoms with Crippen LogP contribution in [0.5, 0.6) is 5.75 Å². The summed E-state index contributed by atoms with van der Waals surface area (Å²) in [6.45, 7) is 8.85. The molecule has 0 atom stereocenters. The largest absolute Gasteiger partial charge is 0.484 e. The summed E-state index contributed by atoms with van der Waals surface area (Å²) >= 11 is 0. The van der Waals surface area contributed by atoms with Crippen molar-refractivity contribution < 1.29 is 14.3 Å². The lowest BCUT2D eigenvalue weighted by atomic mass is 10.1. The molecule has 0 fully saturated rings. The summed E-state index contributed by atoms with van der Waals surface area (Å²) in [4.78, 5) is 23.9. The zero-order chi connectivity index (χ0) is 20.5. The van der Waals surface area contributed by atoms with Gasteiger partial charge in [0.2, 0.25) is 5.91 Å². The number of amides is 2. The fourth-order valence-corrected chi connectivity index (χ4v) is 2.57. The van der Waals surface area contributed by atoms with Crippen LogP contribution in [0, 0.1) is 19.8 Å². The molecule has 0 heterocycles. The zero-order valence-electron chi connectivity index (χ0n) is 17.2. The van der Waals surface area contributed by atoms with Crippen LogP contribution in [0.3, 0.4) is 0 Å². The molecular weight excluding hydrogens is 352 g/mol. The number of hydrogen-bond donors (Lipinski definition) is 2. The second-order valence-electron chi connectivity index (χ2n) is 7.48. The standard InChI is InChI=1S/C23H30N2O3/c1-16(2)14-24-22(26)12-8-19-6-9-20(10-7-19)25-23(27)15-28-21-11-5-17(3)18(4)13-21/h5-7,9-11,13,16H,8,12,14-15H2,1-4H3,(H,24,26)(H,25,27). The van der Waals surface area contributed by atoms with E-state index in [9.17, 15) is 9.59 Å². The molecule has 150 valence electrons. The molecule has 2 N–H and O–H groups in total. The van der Waals surface area contributed by atoms with Gasteiger partial charge in [-0.15, -0.1) is 0 Å². The first-order chi connectivity index (χ1) is 13.3. The van der Waals surface area contributed by atoms with Crippen LogP contribution >= 0.6 is 0 Å². The van der Waals surface area contributed by atoms with Crippen LogP contribution in [0.4, 0.5) is 5.69 Å². The molecule has 0 aliphatic heterocycles. The molecule has 5 nitrogen and oxygen atoms in total. The number of carbonyl (C=O) groups is 2. The van der Waals surface area contributed by atoms with E-state index in [4.69, 9.17) is 4.74 Å². The average Bonchev–Trinajstić information content (AvgIpc) is 2.66. The van der Waals surface area contributed by atoms with E-state index in [0.717, 1.165) is 11.1 Å². The second-order valence-corrected chi connectivity index (χ2v) is 7.48. The van der Waals surface area contributed by atoms with Gasteiger partial charge in [-0.25, -0.2) is 0 Å². The van der Waals surface area contributed by atoms with Crippen LogP contribution in [0.1, 0.15) is 37.0 Å². The molecule has 2 aromatic carbocycles. The number of rotatable bonds is 9. The third-order valence-corrected chi connectivity index (χ3v) is 4.43. The minimum Gasteiger partial charge on any atom is -0.484 e. The van der Waals surface area contributed by atoms with E-state index in [1.54, 1.807) is 0 Å². The van der Waals surface area contributed by atoms with Gasteiger partial charge in [-0.05, 0) is 67.1 Å². The Kier molecular flexibility index (Phi) is 8.05. The highest BCUT2D eigenvalue weighted by Crippen LogP contribution is 2.16. The van der Waals surface area contributed by atoms with E-state index in [1.807, 2.05) is 56.3 Å². The molecule has 0 saturated carbocycles. The second kappa shape index (κ2) is 10.5. The lowest BCUT2D eigenvalue weighted by Crippen LogP contribution is -2.27. The van der Waals surface area contributed by atoms with Crippen molar-refractivity contribution >= 4 is 17.5 Å². The number of anilines is 1. The fraction of sp³-hybridized carbons (Fsp3) is 0.391. The lowest BCUT2D eigenvalue weighted by molar-refractivity contribution is -0.121. The third-order valence-electron chi connectivity index (χ3n) is 4.43. The van der Waals surface area contributed by atoms with Crippen molar-refractivity contribution in [1.82, 2.24) is 5.32 Å². The van der Waals surface area contributed by atoms with Gasteiger partial charge in [0.05, 0.1) is 0 Å². The first-order valence-electron chi connectivity index (χ1n) is 9.69. The Labute approximate surface area is 167 Å². The Hall–Kier alpha value is -2.82. The van der Waals surface area contributed by atoms with Gasteiger partial charge in [-0.3, -0.25) is 9.59 Å². The quantitative estimate of drug-likeness (QED) is 0.688. The number of benzene rings is 2. The molecule has 0 spiro atoms. The summed E-state index contributed by atoms with van der Waals surface area (Å²) < 4.78 is 5.55. The van der Waals surface area contributed by atoms with Crippen molar-refractivity contribution in [2.45, 2.75) is 40.5 Å². The Morgan fingerprint density at radius 2 is 1.68 bits per heavy atom. The average molecular weight is 383 g/mol. The maximum atomic E-state index is 12.1. The van der Waals surface area contributed by atoms with Crippen molar-refractivity contribution in [3.8, 4) is 5.75 Å². The highest BCUT2D eigenvalue weighted by Gasteiger charge is 2.06. The predicted molar refractivity (Wildman–Crippen MR) is 113 cm³/mol. The summed E-state index contributed by atoms with van der Waals surface area (Å²) in [5.74, 6) is 0.990. The van der Waals surface area contributed by atoms with Crippen molar-refractivity contribution in [1.29, 1.82) is 0 Å². The van der Waals surface area contributed by atoms with Crippen molar-refractivity contribution in [2.75, 3.05) is 18.5 Å². The van der Waals surface area contributed by atoms with Gasteiger partial charge in [-0.2, -0.15) is 0 Å². The minimum absolute atomic E-state index is 0.0414. The lowest BCUT2D eigenvalue weighted by Gasteiger charge is -2.10. The Balaban J connectivity index is 1.75. The summed E-state index contributed by atoms with van der Waals surface area (Å²) in [6.07, 6.45) is 1.14. The molecule has 0 unspecified atom stereocenters. The smallest absolute Gasteiger partial charge is 0.262 e. The molecular formula is C23H30N2O3. The molecule has 5 heteroatoms. The first-order valence-corrected chi connectivity index (χ1v) is 9.69. The predicted octanol–water partition coefficient (Wildman–Crippen LogP) is 4.03. The van der Waals surface area contributed by atoms with E-state index in [2.05, 4.69) is 24.5 Å². The number of ether oxygens (including phenoxy) is 1. The van der Waals surface area contributed by atoms with E-state index < -0.39 is 0 Å². The Morgan fingerprint density at radius 1 is 0.964 bits per heavy atom. The number of nitrogens with one attached hydrogen (secondary N) is 2. The monoisotopic (exact) mass is 382 g/mol. The van der Waals surface area contributed by atoms with Crippen LogP contribution in [0.15, 0.2) is 42.5 Å². The Morgan fingerprint density at radius 3 is 2.32 bits per heavy atom. The summed E-state index contributed by atoms with van der Waals surface area (Å²) in [6, 6.07) is 13.3. The van der Waals surface area contributed by atoms with E-state index in [0.29, 0.717) is 36.7 Å². The summed E-state index contributed by atoms with van der Waals surface area (Å²) in [5.41, 5.74) is 4.09. The van der Waals surface area contributed by atoms with Gasteiger partial charge in [-0.1, -0.05) is 32.0 Å². The third kappa shape index (κ3) is 7.43. The summed E-state index contributed by atoms with van der Waals surface area (Å²) in [7, 11) is 0. The molecule has 2 rings (SSSR count). The first kappa shape index (κ1) is 21.5. The molecule has 0 aromatic heterocycles. The SMILES string of the molecule is Cc1ccc(OCC(=O)Nc2ccc(CCC(=O)NCC(C)C)cc2)cc1C. The summed E-state index contributed by atoms with van der Waals surface area (Å²) in [5, 5.41) is 5.73. The molecule has 0 aliphatic carbocycles. The highest BCUT2D eigenvalue weighted by atomic mass is 16.5. The topological polar surface area (TPSA) is 67.4 Å². The van der Waals surface area contributed by atoms with Gasteiger partial charge in [0.1, 0.15) is 5.75 Å². The molecule has 0 aliphatic rings. The van der Waals surface area contributed by atoms with Gasteiger partial charge in [0, 0.05) is 18.7 Å². The van der Waals surface area contributed by atoms with E-state index in [-0.39, 0.29) is 18.4 Å². The van der Waals surface area contributed by atoms with Crippen LogP contribution in [-0.2, 0) is 16.0 Å². The van der Waals surface area contributed by atoms with Crippen molar-refractivity contribution in [3.05, 3.63) is 59.2 Å². The maximum absolute atomic E-state index is 12.1. The fourth-order valence-electron chi connectivity index (χ4n) is 2.57. The number of aryl methyl sites for hydroxylation is 3. The van der Waals surface area contributed by atoms with Gasteiger partial charge in [0.15, 0.2) is 6.61 Å². The highest BCUT2D eigenvalue weighted by molar-refractivity contribution is 5.91. The van der Waals surface area contributed by atoms with Gasteiger partial charge < -0.3 is 15.4 Å². The van der Waals surface area contributed by atoms with Crippen LogP contribution in [0.25, 0.3) is 0 Å². The zero-order valence-corrected chi connectivity index (χ0v) is 17.2. The minimum atomic E-state index is -0.209. The maximum Gasteiger partial charge on any atom is 0.262 e. The Bertz CT molecular complexity index is 798. The van der Waals surface area contributed by atoms with Gasteiger partial charge in [0.25, 0.3) is 5.91 Å². The molecule has 2 amide bonds. The van der Waals surface area contributed by atoms with Crippen LogP contribution in [0.2, 0.25) is 0 Å². The molecule has 28 heavy (non-hydrogen) atoms. The molecule has 0 saturated heterocycles. The van der Waals surface area contributed by atoms with Crippen molar-refractivity contribution in [2.24, 2.45) is 5.92 Å². The van der Waals surface area contributed by atoms with Crippen molar-refractivity contribution in [3.63, 3.8) is 0 Å². The molecule has 2 aromatic rings. The van der Waals surface area contributed by atoms with E-state index in [1.165, 1.54) is 5.56 Å². The number of carbonyl (C=O) groups excluding carboxylic acids is 2. The van der Waals surface area contributed by atoms with Crippen LogP contribution in [-0.4, -0.2) is 25.0 Å². The molecule has 0 radical (unpaired) electrons. The van der Waals surface area contributed by atoms with E-state index >= 15 is 0 Å². The molecule has 0 bridgehead atoms. The van der Waals surface area contributed by atoms with Crippen LogP contribution < -0.4 is 15.4 Å². The number of hydrogen-bond acceptors (Lipinski definition) is 3.